The van der Waals surface area contributed by atoms with E-state index in [9.17, 15) is 9.59 Å². The van der Waals surface area contributed by atoms with Gasteiger partial charge < -0.3 is 14.8 Å². The average molecular weight is 482 g/mol. The van der Waals surface area contributed by atoms with Gasteiger partial charge in [-0.1, -0.05) is 17.7 Å². The molecule has 2 aromatic heterocycles. The quantitative estimate of drug-likeness (QED) is 0.394. The number of benzene rings is 2. The number of rotatable bonds is 9. The molecule has 0 aliphatic rings. The number of carbonyl (C=O) groups excluding carboxylic acids is 1. The number of aromatic nitrogens is 4. The normalized spacial score (nSPS) is 10.9. The fourth-order valence-electron chi connectivity index (χ4n) is 3.60. The monoisotopic (exact) mass is 481 g/mol. The van der Waals surface area contributed by atoms with Crippen LogP contribution in [-0.2, 0) is 17.8 Å². The predicted octanol–water partition coefficient (Wildman–Crippen LogP) is 3.19. The Morgan fingerprint density at radius 2 is 1.79 bits per heavy atom. The second-order valence-electron chi connectivity index (χ2n) is 7.58. The van der Waals surface area contributed by atoms with Gasteiger partial charge in [-0.3, -0.25) is 18.6 Å². The van der Waals surface area contributed by atoms with Crippen LogP contribution in [0.4, 0.5) is 0 Å². The second kappa shape index (κ2) is 10.4. The maximum absolute atomic E-state index is 12.8. The van der Waals surface area contributed by atoms with Gasteiger partial charge in [0.1, 0.15) is 5.82 Å². The third kappa shape index (κ3) is 5.04. The first-order chi connectivity index (χ1) is 16.5. The molecule has 0 bridgehead atoms. The van der Waals surface area contributed by atoms with Crippen molar-refractivity contribution in [1.29, 1.82) is 0 Å². The van der Waals surface area contributed by atoms with Gasteiger partial charge in [-0.15, -0.1) is 10.2 Å². The Morgan fingerprint density at radius 3 is 2.53 bits per heavy atom. The average Bonchev–Trinajstić information content (AvgIpc) is 3.27. The molecule has 0 fully saturated rings. The molecule has 10 heteroatoms. The van der Waals surface area contributed by atoms with Crippen LogP contribution in [0.2, 0.25) is 5.02 Å². The molecule has 176 valence electrons. The number of halogens is 1. The van der Waals surface area contributed by atoms with Gasteiger partial charge in [-0.05, 0) is 48.4 Å². The summed E-state index contributed by atoms with van der Waals surface area (Å²) >= 11 is 5.93. The summed E-state index contributed by atoms with van der Waals surface area (Å²) in [4.78, 5) is 25.1. The van der Waals surface area contributed by atoms with Crippen molar-refractivity contribution in [3.05, 3.63) is 81.6 Å². The van der Waals surface area contributed by atoms with Gasteiger partial charge in [0.15, 0.2) is 11.5 Å². The predicted molar refractivity (Wildman–Crippen MR) is 128 cm³/mol. The van der Waals surface area contributed by atoms with Gasteiger partial charge in [0, 0.05) is 42.5 Å². The van der Waals surface area contributed by atoms with Crippen molar-refractivity contribution in [3.63, 3.8) is 0 Å². The third-order valence-electron chi connectivity index (χ3n) is 5.39. The molecule has 1 amide bonds. The lowest BCUT2D eigenvalue weighted by Gasteiger charge is -2.10. The molecule has 0 atom stereocenters. The second-order valence-corrected chi connectivity index (χ2v) is 8.02. The van der Waals surface area contributed by atoms with Crippen LogP contribution in [0.15, 0.2) is 59.7 Å². The molecular formula is C24H24ClN5O4. The number of nitrogens with one attached hydrogen (secondary N) is 1. The highest BCUT2D eigenvalue weighted by Crippen LogP contribution is 2.27. The highest BCUT2D eigenvalue weighted by Gasteiger charge is 2.12. The third-order valence-corrected chi connectivity index (χ3v) is 5.64. The maximum Gasteiger partial charge on any atom is 0.300 e. The van der Waals surface area contributed by atoms with Crippen LogP contribution >= 0.6 is 11.6 Å². The minimum atomic E-state index is -0.281. The number of aryl methyl sites for hydroxylation is 1. The number of hydrogen-bond acceptors (Lipinski definition) is 6. The van der Waals surface area contributed by atoms with E-state index >= 15 is 0 Å². The van der Waals surface area contributed by atoms with E-state index in [0.717, 1.165) is 5.56 Å². The summed E-state index contributed by atoms with van der Waals surface area (Å²) < 4.78 is 13.7. The molecule has 34 heavy (non-hydrogen) atoms. The zero-order chi connectivity index (χ0) is 24.1. The van der Waals surface area contributed by atoms with Crippen molar-refractivity contribution in [1.82, 2.24) is 24.5 Å². The molecule has 0 spiro atoms. The highest BCUT2D eigenvalue weighted by molar-refractivity contribution is 6.30. The van der Waals surface area contributed by atoms with E-state index in [2.05, 4.69) is 15.5 Å². The van der Waals surface area contributed by atoms with Crippen LogP contribution in [0.3, 0.4) is 0 Å². The molecule has 0 aliphatic carbocycles. The van der Waals surface area contributed by atoms with Crippen molar-refractivity contribution in [2.24, 2.45) is 0 Å². The summed E-state index contributed by atoms with van der Waals surface area (Å²) in [6.07, 6.45) is 4.82. The first kappa shape index (κ1) is 23.3. The SMILES string of the molecule is COc1ccc(CNC(=O)CCCc2nnc3c(=O)n(-c4ccc(Cl)cc4)ccn23)cc1OC. The lowest BCUT2D eigenvalue weighted by atomic mass is 10.2. The van der Waals surface area contributed by atoms with Gasteiger partial charge in [0.05, 0.1) is 14.2 Å². The van der Waals surface area contributed by atoms with Crippen LogP contribution in [0, 0.1) is 0 Å². The van der Waals surface area contributed by atoms with E-state index in [1.165, 1.54) is 4.57 Å². The Morgan fingerprint density at radius 1 is 1.03 bits per heavy atom. The Labute approximate surface area is 200 Å². The van der Waals surface area contributed by atoms with Gasteiger partial charge in [-0.25, -0.2) is 0 Å². The molecule has 4 rings (SSSR count). The smallest absolute Gasteiger partial charge is 0.300 e. The number of fused-ring (bicyclic) bond motifs is 1. The molecule has 2 heterocycles. The molecule has 0 saturated carbocycles. The number of methoxy groups -OCH3 is 2. The van der Waals surface area contributed by atoms with Crippen LogP contribution in [0.25, 0.3) is 11.3 Å². The summed E-state index contributed by atoms with van der Waals surface area (Å²) in [5.74, 6) is 1.80. The number of ether oxygens (including phenoxy) is 2. The molecule has 0 aliphatic heterocycles. The maximum atomic E-state index is 12.8. The molecular weight excluding hydrogens is 458 g/mol. The van der Waals surface area contributed by atoms with Crippen LogP contribution in [0.5, 0.6) is 11.5 Å². The van der Waals surface area contributed by atoms with E-state index in [1.54, 1.807) is 61.3 Å². The summed E-state index contributed by atoms with van der Waals surface area (Å²) in [6, 6.07) is 12.5. The van der Waals surface area contributed by atoms with Gasteiger partial charge >= 0.3 is 5.56 Å². The van der Waals surface area contributed by atoms with Crippen LogP contribution < -0.4 is 20.3 Å². The molecule has 0 radical (unpaired) electrons. The number of carbonyl (C=O) groups is 1. The van der Waals surface area contributed by atoms with E-state index in [1.807, 2.05) is 12.1 Å². The van der Waals surface area contributed by atoms with Crippen molar-refractivity contribution in [3.8, 4) is 17.2 Å². The topological polar surface area (TPSA) is 99.8 Å². The van der Waals surface area contributed by atoms with Crippen molar-refractivity contribution in [2.75, 3.05) is 14.2 Å². The minimum Gasteiger partial charge on any atom is -0.493 e. The fourth-order valence-corrected chi connectivity index (χ4v) is 3.72. The summed E-state index contributed by atoms with van der Waals surface area (Å²) in [6.45, 7) is 0.386. The summed E-state index contributed by atoms with van der Waals surface area (Å²) in [5.41, 5.74) is 1.54. The largest absolute Gasteiger partial charge is 0.493 e. The lowest BCUT2D eigenvalue weighted by molar-refractivity contribution is -0.121. The number of amides is 1. The number of hydrogen-bond donors (Lipinski definition) is 1. The Kier molecular flexibility index (Phi) is 7.12. The Hall–Kier alpha value is -3.85. The highest BCUT2D eigenvalue weighted by atomic mass is 35.5. The molecule has 0 unspecified atom stereocenters. The van der Waals surface area contributed by atoms with E-state index in [0.29, 0.717) is 53.8 Å². The van der Waals surface area contributed by atoms with Crippen molar-refractivity contribution < 1.29 is 14.3 Å². The standard InChI is InChI=1S/C24H24ClN5O4/c1-33-19-11-6-16(14-20(19)34-2)15-26-22(31)5-3-4-21-27-28-23-24(32)29(12-13-30(21)23)18-9-7-17(25)8-10-18/h6-14H,3-5,15H2,1-2H3,(H,26,31). The fraction of sp³-hybridized carbons (Fsp3) is 0.250. The zero-order valence-electron chi connectivity index (χ0n) is 18.8. The van der Waals surface area contributed by atoms with Gasteiger partial charge in [-0.2, -0.15) is 0 Å². The van der Waals surface area contributed by atoms with Crippen molar-refractivity contribution >= 4 is 23.2 Å². The van der Waals surface area contributed by atoms with E-state index in [4.69, 9.17) is 21.1 Å². The molecule has 9 nitrogen and oxygen atoms in total. The zero-order valence-corrected chi connectivity index (χ0v) is 19.6. The van der Waals surface area contributed by atoms with Gasteiger partial charge in [0.2, 0.25) is 11.6 Å². The van der Waals surface area contributed by atoms with Gasteiger partial charge in [0.25, 0.3) is 0 Å². The molecule has 1 N–H and O–H groups in total. The minimum absolute atomic E-state index is 0.0753. The van der Waals surface area contributed by atoms with Crippen LogP contribution in [-0.4, -0.2) is 39.3 Å². The molecule has 4 aromatic rings. The Bertz CT molecular complexity index is 1360. The first-order valence-electron chi connectivity index (χ1n) is 10.7. The van der Waals surface area contributed by atoms with E-state index in [-0.39, 0.29) is 17.1 Å². The Balaban J connectivity index is 1.35. The number of nitrogens with zero attached hydrogens (tertiary/aromatic N) is 4. The lowest BCUT2D eigenvalue weighted by Crippen LogP contribution is -2.22. The molecule has 0 saturated heterocycles. The summed E-state index contributed by atoms with van der Waals surface area (Å²) in [7, 11) is 3.15. The van der Waals surface area contributed by atoms with Crippen LogP contribution in [0.1, 0.15) is 24.2 Å². The summed E-state index contributed by atoms with van der Waals surface area (Å²) in [5, 5.41) is 11.7. The first-order valence-corrected chi connectivity index (χ1v) is 11.1. The molecule has 2 aromatic carbocycles. The van der Waals surface area contributed by atoms with Crippen molar-refractivity contribution in [2.45, 2.75) is 25.8 Å². The van der Waals surface area contributed by atoms with E-state index < -0.39 is 0 Å².